The third kappa shape index (κ3) is 8.50. The van der Waals surface area contributed by atoms with Crippen molar-refractivity contribution in [2.24, 2.45) is 0 Å². The molecule has 7 nitrogen and oxygen atoms in total. The normalized spacial score (nSPS) is 19.5. The van der Waals surface area contributed by atoms with Crippen LogP contribution >= 0.6 is 0 Å². The van der Waals surface area contributed by atoms with E-state index in [9.17, 15) is 9.59 Å². The van der Waals surface area contributed by atoms with E-state index in [1.807, 2.05) is 18.2 Å². The molecule has 1 unspecified atom stereocenters. The lowest BCUT2D eigenvalue weighted by molar-refractivity contribution is -0.122. The SMILES string of the molecule is CN1CCN(CC(NC(=O)CCCNC(=O)NC2CCCCC2)c2ccccc2)CC1. The summed E-state index contributed by atoms with van der Waals surface area (Å²) in [5.74, 6) is 0.0393. The molecule has 2 fully saturated rings. The molecule has 0 bridgehead atoms. The standard InChI is InChI=1S/C24H39N5O2/c1-28-15-17-29(18-16-28)19-22(20-9-4-2-5-10-20)27-23(30)13-8-14-25-24(31)26-21-11-6-3-7-12-21/h2,4-5,9-10,21-22H,3,6-8,11-19H2,1H3,(H,27,30)(H2,25,26,31). The third-order valence-corrected chi connectivity index (χ3v) is 6.38. The van der Waals surface area contributed by atoms with Crippen LogP contribution in [-0.2, 0) is 4.79 Å². The summed E-state index contributed by atoms with van der Waals surface area (Å²) in [6.07, 6.45) is 6.86. The Bertz CT molecular complexity index is 670. The highest BCUT2D eigenvalue weighted by Crippen LogP contribution is 2.17. The Morgan fingerprint density at radius 3 is 2.45 bits per heavy atom. The largest absolute Gasteiger partial charge is 0.348 e. The number of hydrogen-bond donors (Lipinski definition) is 3. The zero-order chi connectivity index (χ0) is 21.9. The van der Waals surface area contributed by atoms with Gasteiger partial charge in [-0.1, -0.05) is 49.6 Å². The highest BCUT2D eigenvalue weighted by atomic mass is 16.2. The topological polar surface area (TPSA) is 76.7 Å². The number of nitrogens with one attached hydrogen (secondary N) is 3. The maximum absolute atomic E-state index is 12.6. The van der Waals surface area contributed by atoms with E-state index in [-0.39, 0.29) is 18.0 Å². The molecule has 7 heteroatoms. The fourth-order valence-corrected chi connectivity index (χ4v) is 4.41. The molecule has 3 rings (SSSR count). The van der Waals surface area contributed by atoms with Crippen LogP contribution in [0.5, 0.6) is 0 Å². The Balaban J connectivity index is 1.39. The molecule has 1 atom stereocenters. The van der Waals surface area contributed by atoms with E-state index >= 15 is 0 Å². The van der Waals surface area contributed by atoms with E-state index in [1.165, 1.54) is 19.3 Å². The van der Waals surface area contributed by atoms with Crippen molar-refractivity contribution in [3.63, 3.8) is 0 Å². The number of urea groups is 1. The van der Waals surface area contributed by atoms with E-state index in [2.05, 4.69) is 44.9 Å². The quantitative estimate of drug-likeness (QED) is 0.527. The molecule has 172 valence electrons. The molecule has 0 aromatic heterocycles. The van der Waals surface area contributed by atoms with Gasteiger partial charge in [-0.25, -0.2) is 4.79 Å². The van der Waals surface area contributed by atoms with Gasteiger partial charge in [0.2, 0.25) is 5.91 Å². The highest BCUT2D eigenvalue weighted by molar-refractivity contribution is 5.77. The smallest absolute Gasteiger partial charge is 0.315 e. The second-order valence-electron chi connectivity index (χ2n) is 8.97. The number of amides is 3. The zero-order valence-corrected chi connectivity index (χ0v) is 18.9. The molecule has 1 saturated carbocycles. The summed E-state index contributed by atoms with van der Waals surface area (Å²) in [5.41, 5.74) is 1.14. The minimum atomic E-state index is -0.107. The van der Waals surface area contributed by atoms with Crippen molar-refractivity contribution >= 4 is 11.9 Å². The number of benzene rings is 1. The summed E-state index contributed by atoms with van der Waals surface area (Å²) in [4.78, 5) is 29.4. The number of nitrogens with zero attached hydrogens (tertiary/aromatic N) is 2. The van der Waals surface area contributed by atoms with Crippen LogP contribution in [0.4, 0.5) is 4.79 Å². The fourth-order valence-electron chi connectivity index (χ4n) is 4.41. The zero-order valence-electron chi connectivity index (χ0n) is 18.9. The molecule has 31 heavy (non-hydrogen) atoms. The first kappa shape index (κ1) is 23.5. The maximum atomic E-state index is 12.6. The molecule has 0 radical (unpaired) electrons. The number of rotatable bonds is 9. The summed E-state index contributed by atoms with van der Waals surface area (Å²) >= 11 is 0. The van der Waals surface area contributed by atoms with Gasteiger partial charge < -0.3 is 20.9 Å². The first-order chi connectivity index (χ1) is 15.1. The van der Waals surface area contributed by atoms with Crippen LogP contribution in [0.1, 0.15) is 56.6 Å². The first-order valence-corrected chi connectivity index (χ1v) is 11.9. The second kappa shape index (κ2) is 12.7. The molecular weight excluding hydrogens is 390 g/mol. The predicted molar refractivity (Wildman–Crippen MR) is 124 cm³/mol. The summed E-state index contributed by atoms with van der Waals surface area (Å²) in [5, 5.41) is 9.17. The van der Waals surface area contributed by atoms with Gasteiger partial charge in [-0.3, -0.25) is 9.69 Å². The van der Waals surface area contributed by atoms with E-state index in [0.717, 1.165) is 51.1 Å². The number of carbonyl (C=O) groups is 2. The number of piperazine rings is 1. The van der Waals surface area contributed by atoms with Gasteiger partial charge in [0.15, 0.2) is 0 Å². The second-order valence-corrected chi connectivity index (χ2v) is 8.97. The van der Waals surface area contributed by atoms with Crippen LogP contribution in [0.3, 0.4) is 0 Å². The van der Waals surface area contributed by atoms with Crippen LogP contribution < -0.4 is 16.0 Å². The Morgan fingerprint density at radius 1 is 1.03 bits per heavy atom. The van der Waals surface area contributed by atoms with Crippen LogP contribution in [-0.4, -0.2) is 74.1 Å². The lowest BCUT2D eigenvalue weighted by atomic mass is 9.96. The van der Waals surface area contributed by atoms with Crippen LogP contribution in [0, 0.1) is 0 Å². The van der Waals surface area contributed by atoms with Gasteiger partial charge in [-0.2, -0.15) is 0 Å². The minimum Gasteiger partial charge on any atom is -0.348 e. The Hall–Kier alpha value is -2.12. The van der Waals surface area contributed by atoms with Crippen LogP contribution in [0.15, 0.2) is 30.3 Å². The van der Waals surface area contributed by atoms with Gasteiger partial charge >= 0.3 is 6.03 Å². The van der Waals surface area contributed by atoms with Crippen molar-refractivity contribution in [2.75, 3.05) is 46.3 Å². The van der Waals surface area contributed by atoms with Gasteiger partial charge in [0.25, 0.3) is 0 Å². The molecule has 1 aromatic carbocycles. The lowest BCUT2D eigenvalue weighted by Gasteiger charge is -2.35. The summed E-state index contributed by atoms with van der Waals surface area (Å²) in [6.45, 7) is 5.51. The summed E-state index contributed by atoms with van der Waals surface area (Å²) in [7, 11) is 2.15. The van der Waals surface area contributed by atoms with Crippen molar-refractivity contribution in [3.8, 4) is 0 Å². The van der Waals surface area contributed by atoms with Crippen LogP contribution in [0.2, 0.25) is 0 Å². The van der Waals surface area contributed by atoms with E-state index in [4.69, 9.17) is 0 Å². The van der Waals surface area contributed by atoms with Crippen molar-refractivity contribution in [1.29, 1.82) is 0 Å². The molecule has 1 aliphatic heterocycles. The highest BCUT2D eigenvalue weighted by Gasteiger charge is 2.21. The fraction of sp³-hybridized carbons (Fsp3) is 0.667. The van der Waals surface area contributed by atoms with Crippen molar-refractivity contribution in [2.45, 2.75) is 57.0 Å². The Morgan fingerprint density at radius 2 is 1.74 bits per heavy atom. The molecule has 1 aliphatic carbocycles. The number of carbonyl (C=O) groups excluding carboxylic acids is 2. The number of likely N-dealkylation sites (N-methyl/N-ethyl adjacent to an activating group) is 1. The molecule has 1 saturated heterocycles. The molecule has 2 aliphatic rings. The van der Waals surface area contributed by atoms with Crippen molar-refractivity contribution in [3.05, 3.63) is 35.9 Å². The van der Waals surface area contributed by atoms with E-state index < -0.39 is 0 Å². The van der Waals surface area contributed by atoms with Gasteiger partial charge in [-0.15, -0.1) is 0 Å². The number of hydrogen-bond acceptors (Lipinski definition) is 4. The van der Waals surface area contributed by atoms with E-state index in [1.54, 1.807) is 0 Å². The average Bonchev–Trinajstić information content (AvgIpc) is 2.79. The van der Waals surface area contributed by atoms with E-state index in [0.29, 0.717) is 25.4 Å². The minimum absolute atomic E-state index is 0.0142. The van der Waals surface area contributed by atoms with Gasteiger partial charge in [0.1, 0.15) is 0 Å². The first-order valence-electron chi connectivity index (χ1n) is 11.9. The third-order valence-electron chi connectivity index (χ3n) is 6.38. The monoisotopic (exact) mass is 429 g/mol. The van der Waals surface area contributed by atoms with Gasteiger partial charge in [-0.05, 0) is 31.9 Å². The average molecular weight is 430 g/mol. The van der Waals surface area contributed by atoms with Crippen molar-refractivity contribution < 1.29 is 9.59 Å². The lowest BCUT2D eigenvalue weighted by Crippen LogP contribution is -2.47. The van der Waals surface area contributed by atoms with Gasteiger partial charge in [0.05, 0.1) is 6.04 Å². The molecule has 1 heterocycles. The molecule has 1 aromatic rings. The summed E-state index contributed by atoms with van der Waals surface area (Å²) in [6, 6.07) is 10.4. The Kier molecular flexibility index (Phi) is 9.62. The van der Waals surface area contributed by atoms with Crippen LogP contribution in [0.25, 0.3) is 0 Å². The molecule has 3 amide bonds. The predicted octanol–water partition coefficient (Wildman–Crippen LogP) is 2.50. The molecular formula is C24H39N5O2. The van der Waals surface area contributed by atoms with Gasteiger partial charge in [0, 0.05) is 51.7 Å². The van der Waals surface area contributed by atoms with Crippen molar-refractivity contribution in [1.82, 2.24) is 25.8 Å². The molecule has 3 N–H and O–H groups in total. The molecule has 0 spiro atoms. The Labute approximate surface area is 186 Å². The summed E-state index contributed by atoms with van der Waals surface area (Å²) < 4.78 is 0. The maximum Gasteiger partial charge on any atom is 0.315 e.